The molecule has 1 aromatic carbocycles. The fourth-order valence-electron chi connectivity index (χ4n) is 2.32. The Morgan fingerprint density at radius 1 is 1.43 bits per heavy atom. The van der Waals surface area contributed by atoms with Crippen LogP contribution in [0.4, 0.5) is 10.5 Å². The number of carbonyl (C=O) groups excluding carboxylic acids is 1. The van der Waals surface area contributed by atoms with E-state index in [2.05, 4.69) is 11.2 Å². The molecule has 1 aliphatic heterocycles. The monoisotopic (exact) mass is 286 g/mol. The number of amides is 2. The van der Waals surface area contributed by atoms with Gasteiger partial charge in [-0.05, 0) is 31.9 Å². The molecule has 1 atom stereocenters. The normalized spacial score (nSPS) is 17.6. The minimum atomic E-state index is -0.904. The molecule has 1 aromatic rings. The van der Waals surface area contributed by atoms with Crippen LogP contribution in [0.2, 0.25) is 0 Å². The Labute approximate surface area is 124 Å². The fourth-order valence-corrected chi connectivity index (χ4v) is 2.32. The van der Waals surface area contributed by atoms with E-state index < -0.39 is 17.4 Å². The molecule has 0 saturated carbocycles. The van der Waals surface area contributed by atoms with E-state index in [1.807, 2.05) is 24.3 Å². The quantitative estimate of drug-likeness (QED) is 0.815. The first-order valence-electron chi connectivity index (χ1n) is 6.72. The fraction of sp³-hybridized carbons (Fsp3) is 0.375. The maximum Gasteiger partial charge on any atom is 0.323 e. The highest BCUT2D eigenvalue weighted by atomic mass is 16.4. The minimum Gasteiger partial charge on any atom is -0.481 e. The number of carboxylic acid groups (broad SMARTS) is 1. The summed E-state index contributed by atoms with van der Waals surface area (Å²) >= 11 is 0. The van der Waals surface area contributed by atoms with E-state index in [1.165, 1.54) is 4.90 Å². The van der Waals surface area contributed by atoms with Crippen LogP contribution in [0.5, 0.6) is 0 Å². The van der Waals surface area contributed by atoms with Crippen molar-refractivity contribution in [1.82, 2.24) is 5.32 Å². The molecular formula is C16H18N2O3. The first-order chi connectivity index (χ1) is 9.84. The van der Waals surface area contributed by atoms with Gasteiger partial charge in [0.2, 0.25) is 0 Å². The lowest BCUT2D eigenvalue weighted by atomic mass is 9.92. The summed E-state index contributed by atoms with van der Waals surface area (Å²) in [6.45, 7) is 3.57. The number of fused-ring (bicyclic) bond motifs is 1. The standard InChI is InChI=1S/C16H18N2O3/c1-4-16(2,3)17-15(21)18-10-12(14(19)20)9-11-7-5-6-8-13(11)18/h1,5-8,12H,9-10H2,2-3H3,(H,17,21)(H,19,20). The second kappa shape index (κ2) is 5.49. The van der Waals surface area contributed by atoms with Crippen LogP contribution >= 0.6 is 0 Å². The lowest BCUT2D eigenvalue weighted by Crippen LogP contribution is -2.53. The molecule has 1 unspecified atom stereocenters. The van der Waals surface area contributed by atoms with Crippen LogP contribution in [-0.2, 0) is 11.2 Å². The Morgan fingerprint density at radius 3 is 2.71 bits per heavy atom. The molecule has 1 aliphatic rings. The van der Waals surface area contributed by atoms with Crippen LogP contribution in [0.25, 0.3) is 0 Å². The third kappa shape index (κ3) is 3.16. The number of carboxylic acids is 1. The number of nitrogens with zero attached hydrogens (tertiary/aromatic N) is 1. The summed E-state index contributed by atoms with van der Waals surface area (Å²) < 4.78 is 0. The van der Waals surface area contributed by atoms with E-state index in [9.17, 15) is 14.7 Å². The molecule has 21 heavy (non-hydrogen) atoms. The third-order valence-corrected chi connectivity index (χ3v) is 3.53. The SMILES string of the molecule is C#CC(C)(C)NC(=O)N1CC(C(=O)O)Cc2ccccc21. The van der Waals surface area contributed by atoms with Crippen molar-refractivity contribution in [2.24, 2.45) is 5.92 Å². The van der Waals surface area contributed by atoms with Gasteiger partial charge in [0, 0.05) is 12.2 Å². The molecule has 5 heteroatoms. The first kappa shape index (κ1) is 14.9. The van der Waals surface area contributed by atoms with Crippen molar-refractivity contribution in [2.45, 2.75) is 25.8 Å². The topological polar surface area (TPSA) is 69.6 Å². The molecular weight excluding hydrogens is 268 g/mol. The van der Waals surface area contributed by atoms with Crippen LogP contribution in [-0.4, -0.2) is 29.2 Å². The number of hydrogen-bond donors (Lipinski definition) is 2. The van der Waals surface area contributed by atoms with Gasteiger partial charge in [-0.1, -0.05) is 24.1 Å². The predicted octanol–water partition coefficient (Wildman–Crippen LogP) is 1.87. The average Bonchev–Trinajstić information content (AvgIpc) is 2.45. The second-order valence-corrected chi connectivity index (χ2v) is 5.68. The van der Waals surface area contributed by atoms with Crippen molar-refractivity contribution < 1.29 is 14.7 Å². The summed E-state index contributed by atoms with van der Waals surface area (Å²) in [5.74, 6) is 0.979. The molecule has 1 heterocycles. The lowest BCUT2D eigenvalue weighted by molar-refractivity contribution is -0.141. The van der Waals surface area contributed by atoms with Crippen molar-refractivity contribution in [3.63, 3.8) is 0 Å². The summed E-state index contributed by atoms with van der Waals surface area (Å²) in [7, 11) is 0. The molecule has 0 aromatic heterocycles. The molecule has 0 fully saturated rings. The van der Waals surface area contributed by atoms with Gasteiger partial charge in [-0.3, -0.25) is 9.69 Å². The maximum atomic E-state index is 12.4. The van der Waals surface area contributed by atoms with E-state index in [0.29, 0.717) is 6.42 Å². The van der Waals surface area contributed by atoms with Gasteiger partial charge in [0.15, 0.2) is 0 Å². The Bertz CT molecular complexity index is 616. The van der Waals surface area contributed by atoms with Gasteiger partial charge < -0.3 is 10.4 Å². The average molecular weight is 286 g/mol. The van der Waals surface area contributed by atoms with E-state index in [0.717, 1.165) is 11.3 Å². The number of carbonyl (C=O) groups is 2. The molecule has 0 radical (unpaired) electrons. The number of benzene rings is 1. The van der Waals surface area contributed by atoms with Crippen LogP contribution in [0.3, 0.4) is 0 Å². The zero-order chi connectivity index (χ0) is 15.6. The van der Waals surface area contributed by atoms with E-state index in [1.54, 1.807) is 13.8 Å². The Morgan fingerprint density at radius 2 is 2.10 bits per heavy atom. The van der Waals surface area contributed by atoms with E-state index in [4.69, 9.17) is 6.42 Å². The molecule has 2 rings (SSSR count). The van der Waals surface area contributed by atoms with Crippen molar-refractivity contribution in [3.8, 4) is 12.3 Å². The Hall–Kier alpha value is -2.48. The molecule has 2 N–H and O–H groups in total. The Balaban J connectivity index is 2.32. The summed E-state index contributed by atoms with van der Waals surface area (Å²) in [6, 6.07) is 6.94. The maximum absolute atomic E-state index is 12.4. The second-order valence-electron chi connectivity index (χ2n) is 5.68. The largest absolute Gasteiger partial charge is 0.481 e. The first-order valence-corrected chi connectivity index (χ1v) is 6.72. The van der Waals surface area contributed by atoms with Crippen molar-refractivity contribution in [3.05, 3.63) is 29.8 Å². The van der Waals surface area contributed by atoms with Crippen molar-refractivity contribution in [2.75, 3.05) is 11.4 Å². The van der Waals surface area contributed by atoms with Crippen LogP contribution in [0, 0.1) is 18.3 Å². The number of para-hydroxylation sites is 1. The molecule has 5 nitrogen and oxygen atoms in total. The number of nitrogens with one attached hydrogen (secondary N) is 1. The van der Waals surface area contributed by atoms with Gasteiger partial charge in [0.05, 0.1) is 11.5 Å². The van der Waals surface area contributed by atoms with Gasteiger partial charge in [0.25, 0.3) is 0 Å². The van der Waals surface area contributed by atoms with Crippen LogP contribution in [0.15, 0.2) is 24.3 Å². The number of urea groups is 1. The van der Waals surface area contributed by atoms with Crippen molar-refractivity contribution >= 4 is 17.7 Å². The molecule has 0 bridgehead atoms. The summed E-state index contributed by atoms with van der Waals surface area (Å²) in [5, 5.41) is 12.0. The van der Waals surface area contributed by atoms with Crippen LogP contribution in [0.1, 0.15) is 19.4 Å². The van der Waals surface area contributed by atoms with Crippen molar-refractivity contribution in [1.29, 1.82) is 0 Å². The van der Waals surface area contributed by atoms with Gasteiger partial charge in [-0.2, -0.15) is 0 Å². The van der Waals surface area contributed by atoms with E-state index in [-0.39, 0.29) is 12.6 Å². The smallest absolute Gasteiger partial charge is 0.323 e. The number of anilines is 1. The molecule has 2 amide bonds. The number of hydrogen-bond acceptors (Lipinski definition) is 2. The number of rotatable bonds is 2. The number of terminal acetylenes is 1. The lowest BCUT2D eigenvalue weighted by Gasteiger charge is -2.34. The zero-order valence-corrected chi connectivity index (χ0v) is 12.1. The Kier molecular flexibility index (Phi) is 3.90. The number of aliphatic carboxylic acids is 1. The predicted molar refractivity (Wildman–Crippen MR) is 80.1 cm³/mol. The van der Waals surface area contributed by atoms with Gasteiger partial charge >= 0.3 is 12.0 Å². The van der Waals surface area contributed by atoms with Crippen LogP contribution < -0.4 is 10.2 Å². The zero-order valence-electron chi connectivity index (χ0n) is 12.1. The van der Waals surface area contributed by atoms with Gasteiger partial charge in [0.1, 0.15) is 0 Å². The highest BCUT2D eigenvalue weighted by Gasteiger charge is 2.33. The van der Waals surface area contributed by atoms with Gasteiger partial charge in [-0.25, -0.2) is 4.79 Å². The summed E-state index contributed by atoms with van der Waals surface area (Å²) in [6.07, 6.45) is 5.80. The minimum absolute atomic E-state index is 0.138. The highest BCUT2D eigenvalue weighted by molar-refractivity contribution is 5.95. The van der Waals surface area contributed by atoms with E-state index >= 15 is 0 Å². The molecule has 0 aliphatic carbocycles. The third-order valence-electron chi connectivity index (χ3n) is 3.53. The summed E-state index contributed by atoms with van der Waals surface area (Å²) in [5.41, 5.74) is 0.799. The molecule has 0 spiro atoms. The molecule has 0 saturated heterocycles. The van der Waals surface area contributed by atoms with Gasteiger partial charge in [-0.15, -0.1) is 6.42 Å². The summed E-state index contributed by atoms with van der Waals surface area (Å²) in [4.78, 5) is 25.2. The molecule has 110 valence electrons. The highest BCUT2D eigenvalue weighted by Crippen LogP contribution is 2.30.